The maximum Gasteiger partial charge on any atom is 0.320 e. The molecule has 8 nitrogen and oxygen atoms in total. The largest absolute Gasteiger partial charge is 0.368 e. The Bertz CT molecular complexity index is 1130. The highest BCUT2D eigenvalue weighted by molar-refractivity contribution is 6.30. The molecule has 2 aromatic carbocycles. The number of hydrogen-bond donors (Lipinski definition) is 1. The van der Waals surface area contributed by atoms with Crippen molar-refractivity contribution in [1.82, 2.24) is 20.0 Å². The lowest BCUT2D eigenvalue weighted by Crippen LogP contribution is -2.49. The van der Waals surface area contributed by atoms with Gasteiger partial charge in [0.2, 0.25) is 5.69 Å². The number of aromatic amines is 1. The van der Waals surface area contributed by atoms with Gasteiger partial charge in [0.1, 0.15) is 5.82 Å². The molecular formula is C20H18ClFN6O2. The second kappa shape index (κ2) is 8.50. The Morgan fingerprint density at radius 1 is 1.13 bits per heavy atom. The molecule has 0 radical (unpaired) electrons. The van der Waals surface area contributed by atoms with E-state index in [1.165, 1.54) is 30.5 Å². The Labute approximate surface area is 176 Å². The molecule has 3 aromatic rings. The lowest BCUT2D eigenvalue weighted by atomic mass is 10.2. The summed E-state index contributed by atoms with van der Waals surface area (Å²) in [6.07, 6.45) is 1.37. The molecule has 0 saturated carbocycles. The second-order valence-corrected chi connectivity index (χ2v) is 7.17. The molecule has 1 aliphatic rings. The first-order valence-electron chi connectivity index (χ1n) is 9.28. The molecule has 10 heteroatoms. The normalized spacial score (nSPS) is 14.5. The fourth-order valence-electron chi connectivity index (χ4n) is 3.17. The van der Waals surface area contributed by atoms with Gasteiger partial charge in [0.05, 0.1) is 6.21 Å². The molecule has 4 rings (SSSR count). The molecule has 0 aliphatic carbocycles. The maximum absolute atomic E-state index is 13.0. The van der Waals surface area contributed by atoms with E-state index in [2.05, 4.69) is 20.3 Å². The lowest BCUT2D eigenvalue weighted by Gasteiger charge is -2.35. The third-order valence-electron chi connectivity index (χ3n) is 4.79. The van der Waals surface area contributed by atoms with Gasteiger partial charge in [0, 0.05) is 36.9 Å². The molecule has 2 heterocycles. The topological polar surface area (TPSA) is 86.6 Å². The molecule has 0 bridgehead atoms. The Balaban J connectivity index is 1.42. The third-order valence-corrected chi connectivity index (χ3v) is 5.02. The number of halogens is 2. The number of nitrogens with zero attached hydrogens (tertiary/aromatic N) is 5. The van der Waals surface area contributed by atoms with Crippen LogP contribution < -0.4 is 10.5 Å². The Hall–Kier alpha value is -3.46. The highest BCUT2D eigenvalue weighted by atomic mass is 35.5. The summed E-state index contributed by atoms with van der Waals surface area (Å²) in [5.74, 6) is -0.813. The first-order valence-corrected chi connectivity index (χ1v) is 9.66. The van der Waals surface area contributed by atoms with E-state index in [1.807, 2.05) is 24.3 Å². The number of hydrogen-bond acceptors (Lipinski definition) is 5. The van der Waals surface area contributed by atoms with Crippen molar-refractivity contribution < 1.29 is 9.18 Å². The molecule has 0 atom stereocenters. The summed E-state index contributed by atoms with van der Waals surface area (Å²) in [4.78, 5) is 29.8. The third kappa shape index (κ3) is 4.25. The van der Waals surface area contributed by atoms with Gasteiger partial charge in [-0.05, 0) is 35.9 Å². The predicted octanol–water partition coefficient (Wildman–Crippen LogP) is 2.21. The number of amides is 1. The van der Waals surface area contributed by atoms with E-state index in [9.17, 15) is 14.0 Å². The Kier molecular flexibility index (Phi) is 5.62. The zero-order chi connectivity index (χ0) is 21.1. The van der Waals surface area contributed by atoms with Crippen LogP contribution in [0, 0.1) is 5.82 Å². The molecular weight excluding hydrogens is 411 g/mol. The Morgan fingerprint density at radius 3 is 2.57 bits per heavy atom. The predicted molar refractivity (Wildman–Crippen MR) is 112 cm³/mol. The van der Waals surface area contributed by atoms with E-state index in [-0.39, 0.29) is 11.5 Å². The van der Waals surface area contributed by atoms with Crippen LogP contribution in [0.2, 0.25) is 5.02 Å². The van der Waals surface area contributed by atoms with E-state index >= 15 is 0 Å². The van der Waals surface area contributed by atoms with Crippen LogP contribution in [-0.4, -0.2) is 58.3 Å². The van der Waals surface area contributed by atoms with E-state index in [4.69, 9.17) is 11.6 Å². The van der Waals surface area contributed by atoms with Crippen molar-refractivity contribution in [3.8, 4) is 0 Å². The minimum absolute atomic E-state index is 0.220. The van der Waals surface area contributed by atoms with Crippen molar-refractivity contribution >= 4 is 29.4 Å². The number of nitrogens with one attached hydrogen (secondary N) is 1. The van der Waals surface area contributed by atoms with Crippen LogP contribution in [-0.2, 0) is 0 Å². The van der Waals surface area contributed by atoms with Crippen LogP contribution in [0.1, 0.15) is 16.1 Å². The average molecular weight is 429 g/mol. The van der Waals surface area contributed by atoms with E-state index < -0.39 is 11.5 Å². The van der Waals surface area contributed by atoms with Crippen molar-refractivity contribution in [3.63, 3.8) is 0 Å². The number of benzene rings is 2. The number of carbonyl (C=O) groups excluding carboxylic acids is 1. The van der Waals surface area contributed by atoms with Gasteiger partial charge in [-0.25, -0.2) is 4.39 Å². The molecule has 154 valence electrons. The summed E-state index contributed by atoms with van der Waals surface area (Å²) >= 11 is 6.05. The number of anilines is 1. The van der Waals surface area contributed by atoms with Crippen molar-refractivity contribution in [1.29, 1.82) is 0 Å². The smallest absolute Gasteiger partial charge is 0.320 e. The highest BCUT2D eigenvalue weighted by Gasteiger charge is 2.26. The van der Waals surface area contributed by atoms with Crippen LogP contribution in [0.5, 0.6) is 0 Å². The summed E-state index contributed by atoms with van der Waals surface area (Å²) in [5, 5.41) is 10.9. The first-order chi connectivity index (χ1) is 14.5. The minimum Gasteiger partial charge on any atom is -0.368 e. The Morgan fingerprint density at radius 2 is 1.87 bits per heavy atom. The fraction of sp³-hybridized carbons (Fsp3) is 0.200. The molecule has 1 N–H and O–H groups in total. The summed E-state index contributed by atoms with van der Waals surface area (Å²) in [6.45, 7) is 2.15. The van der Waals surface area contributed by atoms with Gasteiger partial charge in [-0.2, -0.15) is 10.3 Å². The van der Waals surface area contributed by atoms with Crippen molar-refractivity contribution in [2.24, 2.45) is 5.10 Å². The monoisotopic (exact) mass is 428 g/mol. The SMILES string of the molecule is O=C(c1n[nH]n(N=Cc2ccc(F)cc2)c1=O)N1CCN(c2cccc(Cl)c2)CC1. The van der Waals surface area contributed by atoms with Gasteiger partial charge in [0.15, 0.2) is 0 Å². The van der Waals surface area contributed by atoms with Crippen molar-refractivity contribution in [2.45, 2.75) is 0 Å². The minimum atomic E-state index is -0.643. The zero-order valence-corrected chi connectivity index (χ0v) is 16.6. The summed E-state index contributed by atoms with van der Waals surface area (Å²) in [5.41, 5.74) is 0.730. The molecule has 1 amide bonds. The van der Waals surface area contributed by atoms with E-state index in [1.54, 1.807) is 4.90 Å². The summed E-state index contributed by atoms with van der Waals surface area (Å²) < 4.78 is 13.0. The molecule has 0 unspecified atom stereocenters. The molecule has 1 saturated heterocycles. The highest BCUT2D eigenvalue weighted by Crippen LogP contribution is 2.21. The molecule has 1 aromatic heterocycles. The molecule has 0 spiro atoms. The number of carbonyl (C=O) groups is 1. The summed E-state index contributed by atoms with van der Waals surface area (Å²) in [6, 6.07) is 13.2. The van der Waals surface area contributed by atoms with Gasteiger partial charge in [-0.15, -0.1) is 9.89 Å². The van der Waals surface area contributed by atoms with E-state index in [0.717, 1.165) is 10.5 Å². The molecule has 1 fully saturated rings. The van der Waals surface area contributed by atoms with Crippen molar-refractivity contribution in [2.75, 3.05) is 31.1 Å². The first kappa shape index (κ1) is 19.8. The van der Waals surface area contributed by atoms with Crippen LogP contribution in [0.15, 0.2) is 58.4 Å². The van der Waals surface area contributed by atoms with Gasteiger partial charge in [0.25, 0.3) is 5.91 Å². The average Bonchev–Trinajstić information content (AvgIpc) is 3.13. The maximum atomic E-state index is 13.0. The summed E-state index contributed by atoms with van der Waals surface area (Å²) in [7, 11) is 0. The lowest BCUT2D eigenvalue weighted by molar-refractivity contribution is 0.0739. The van der Waals surface area contributed by atoms with E-state index in [0.29, 0.717) is 36.8 Å². The van der Waals surface area contributed by atoms with Crippen LogP contribution >= 0.6 is 11.6 Å². The van der Waals surface area contributed by atoms with Gasteiger partial charge in [-0.3, -0.25) is 9.59 Å². The standard InChI is InChI=1S/C20H18ClFN6O2/c21-15-2-1-3-17(12-15)26-8-10-27(11-9-26)19(29)18-20(30)28(25-24-18)23-13-14-4-6-16(22)7-5-14/h1-7,12-13,25H,8-11H2. The van der Waals surface area contributed by atoms with Gasteiger partial charge < -0.3 is 9.80 Å². The van der Waals surface area contributed by atoms with Crippen LogP contribution in [0.4, 0.5) is 10.1 Å². The molecule has 1 aliphatic heterocycles. The number of H-pyrrole nitrogens is 1. The number of piperazine rings is 1. The number of aromatic nitrogens is 3. The van der Waals surface area contributed by atoms with Crippen LogP contribution in [0.25, 0.3) is 0 Å². The molecule has 30 heavy (non-hydrogen) atoms. The van der Waals surface area contributed by atoms with Gasteiger partial charge in [-0.1, -0.05) is 29.8 Å². The second-order valence-electron chi connectivity index (χ2n) is 6.73. The number of rotatable bonds is 4. The fourth-order valence-corrected chi connectivity index (χ4v) is 3.36. The van der Waals surface area contributed by atoms with Crippen molar-refractivity contribution in [3.05, 3.63) is 81.0 Å². The zero-order valence-electron chi connectivity index (χ0n) is 15.8. The van der Waals surface area contributed by atoms with Crippen LogP contribution in [0.3, 0.4) is 0 Å². The van der Waals surface area contributed by atoms with Gasteiger partial charge >= 0.3 is 5.56 Å². The quantitative estimate of drug-likeness (QED) is 0.645.